The van der Waals surface area contributed by atoms with Gasteiger partial charge in [-0.05, 0) is 25.9 Å². The molecule has 4 amide bonds. The van der Waals surface area contributed by atoms with Crippen LogP contribution in [0.3, 0.4) is 0 Å². The van der Waals surface area contributed by atoms with Crippen LogP contribution in [0.2, 0.25) is 0 Å². The predicted molar refractivity (Wildman–Crippen MR) is 70.2 cm³/mol. The van der Waals surface area contributed by atoms with Gasteiger partial charge in [0.1, 0.15) is 0 Å². The first-order valence-electron chi connectivity index (χ1n) is 6.55. The molecule has 0 aliphatic carbocycles. The maximum absolute atomic E-state index is 11.8. The number of rotatable bonds is 3. The van der Waals surface area contributed by atoms with E-state index in [1.54, 1.807) is 0 Å². The molecule has 0 aromatic rings. The molecule has 8 heteroatoms. The molecule has 1 fully saturated rings. The van der Waals surface area contributed by atoms with Gasteiger partial charge in [-0.25, -0.2) is 0 Å². The minimum atomic E-state index is -1.09. The molecule has 0 aromatic heterocycles. The Morgan fingerprint density at radius 1 is 1.25 bits per heavy atom. The quantitative estimate of drug-likeness (QED) is 0.513. The van der Waals surface area contributed by atoms with Gasteiger partial charge in [0.05, 0.1) is 0 Å². The lowest BCUT2D eigenvalue weighted by atomic mass is 9.97. The number of amides is 4. The van der Waals surface area contributed by atoms with Gasteiger partial charge in [-0.2, -0.15) is 0 Å². The monoisotopic (exact) mass is 284 g/mol. The van der Waals surface area contributed by atoms with Crippen LogP contribution in [0, 0.1) is 5.92 Å². The third-order valence-corrected chi connectivity index (χ3v) is 3.12. The summed E-state index contributed by atoms with van der Waals surface area (Å²) in [6, 6.07) is 0. The molecule has 0 atom stereocenters. The normalized spacial score (nSPS) is 15.5. The summed E-state index contributed by atoms with van der Waals surface area (Å²) in [5.74, 6) is -3.47. The molecule has 1 aliphatic rings. The maximum atomic E-state index is 11.8. The average molecular weight is 284 g/mol. The molecule has 4 N–H and O–H groups in total. The van der Waals surface area contributed by atoms with Crippen molar-refractivity contribution >= 4 is 23.6 Å². The fourth-order valence-electron chi connectivity index (χ4n) is 2.01. The van der Waals surface area contributed by atoms with Gasteiger partial charge in [0, 0.05) is 25.9 Å². The Morgan fingerprint density at radius 2 is 1.85 bits per heavy atom. The Bertz CT molecular complexity index is 404. The van der Waals surface area contributed by atoms with Crippen molar-refractivity contribution < 1.29 is 19.2 Å². The minimum absolute atomic E-state index is 0.0525. The number of imide groups is 2. The van der Waals surface area contributed by atoms with Crippen LogP contribution in [0.5, 0.6) is 0 Å². The second-order valence-electron chi connectivity index (χ2n) is 4.61. The molecule has 0 saturated carbocycles. The zero-order valence-corrected chi connectivity index (χ0v) is 11.5. The molecular formula is C12H20N4O4. The fourth-order valence-corrected chi connectivity index (χ4v) is 2.01. The molecule has 8 nitrogen and oxygen atoms in total. The van der Waals surface area contributed by atoms with Crippen LogP contribution in [0.1, 0.15) is 19.8 Å². The standard InChI is InChI=1S/C12H20N4O4/c1-8(17)16(7-4-13)12(20)11(19)15-10(18)9-2-5-14-6-3-9/h9,14H,2-7,13H2,1H3,(H,15,18,19). The SMILES string of the molecule is CC(=O)N(CCN)C(=O)C(=O)NC(=O)C1CCNCC1. The van der Waals surface area contributed by atoms with Gasteiger partial charge in [0.25, 0.3) is 0 Å². The highest BCUT2D eigenvalue weighted by molar-refractivity contribution is 6.39. The van der Waals surface area contributed by atoms with Crippen LogP contribution >= 0.6 is 0 Å². The van der Waals surface area contributed by atoms with Crippen molar-refractivity contribution in [3.8, 4) is 0 Å². The van der Waals surface area contributed by atoms with E-state index >= 15 is 0 Å². The van der Waals surface area contributed by atoms with Gasteiger partial charge in [0.15, 0.2) is 0 Å². The Morgan fingerprint density at radius 3 is 2.35 bits per heavy atom. The van der Waals surface area contributed by atoms with E-state index < -0.39 is 23.6 Å². The first-order valence-corrected chi connectivity index (χ1v) is 6.55. The second-order valence-corrected chi connectivity index (χ2v) is 4.61. The van der Waals surface area contributed by atoms with E-state index in [9.17, 15) is 19.2 Å². The highest BCUT2D eigenvalue weighted by atomic mass is 16.2. The van der Waals surface area contributed by atoms with Gasteiger partial charge >= 0.3 is 11.8 Å². The molecule has 1 rings (SSSR count). The zero-order valence-electron chi connectivity index (χ0n) is 11.5. The van der Waals surface area contributed by atoms with Crippen molar-refractivity contribution in [1.29, 1.82) is 0 Å². The summed E-state index contributed by atoms with van der Waals surface area (Å²) >= 11 is 0. The van der Waals surface area contributed by atoms with Crippen LogP contribution in [0.25, 0.3) is 0 Å². The number of nitrogens with one attached hydrogen (secondary N) is 2. The van der Waals surface area contributed by atoms with Crippen molar-refractivity contribution in [2.45, 2.75) is 19.8 Å². The Hall–Kier alpha value is -1.80. The summed E-state index contributed by atoms with van der Waals surface area (Å²) in [7, 11) is 0. The average Bonchev–Trinajstić information content (AvgIpc) is 2.44. The first kappa shape index (κ1) is 16.3. The number of hydrogen-bond acceptors (Lipinski definition) is 6. The summed E-state index contributed by atoms with van der Waals surface area (Å²) in [6.45, 7) is 2.57. The molecule has 1 heterocycles. The van der Waals surface area contributed by atoms with Crippen molar-refractivity contribution in [2.75, 3.05) is 26.2 Å². The number of hydrogen-bond donors (Lipinski definition) is 3. The van der Waals surface area contributed by atoms with E-state index in [1.807, 2.05) is 0 Å². The topological polar surface area (TPSA) is 122 Å². The summed E-state index contributed by atoms with van der Waals surface area (Å²) in [5, 5.41) is 5.15. The summed E-state index contributed by atoms with van der Waals surface area (Å²) < 4.78 is 0. The van der Waals surface area contributed by atoms with Crippen molar-refractivity contribution in [1.82, 2.24) is 15.5 Å². The molecule has 0 aromatic carbocycles. The third kappa shape index (κ3) is 4.39. The van der Waals surface area contributed by atoms with Crippen LogP contribution in [-0.2, 0) is 19.2 Å². The third-order valence-electron chi connectivity index (χ3n) is 3.12. The van der Waals surface area contributed by atoms with Crippen LogP contribution in [0.4, 0.5) is 0 Å². The van der Waals surface area contributed by atoms with Gasteiger partial charge in [-0.3, -0.25) is 29.4 Å². The Balaban J connectivity index is 2.57. The molecule has 0 bridgehead atoms. The van der Waals surface area contributed by atoms with Gasteiger partial charge in [-0.15, -0.1) is 0 Å². The van der Waals surface area contributed by atoms with E-state index in [1.165, 1.54) is 0 Å². The van der Waals surface area contributed by atoms with E-state index in [4.69, 9.17) is 5.73 Å². The molecule has 0 unspecified atom stereocenters. The lowest BCUT2D eigenvalue weighted by Gasteiger charge is -2.22. The molecule has 112 valence electrons. The van der Waals surface area contributed by atoms with Gasteiger partial charge in [0.2, 0.25) is 11.8 Å². The maximum Gasteiger partial charge on any atom is 0.318 e. The van der Waals surface area contributed by atoms with Crippen molar-refractivity contribution in [2.24, 2.45) is 11.7 Å². The highest BCUT2D eigenvalue weighted by Gasteiger charge is 2.29. The van der Waals surface area contributed by atoms with Crippen LogP contribution < -0.4 is 16.4 Å². The zero-order chi connectivity index (χ0) is 15.1. The Kier molecular flexibility index (Phi) is 6.26. The predicted octanol–water partition coefficient (Wildman–Crippen LogP) is -2.04. The van der Waals surface area contributed by atoms with Crippen molar-refractivity contribution in [3.05, 3.63) is 0 Å². The number of nitrogens with two attached hydrogens (primary N) is 1. The van der Waals surface area contributed by atoms with Crippen LogP contribution in [0.15, 0.2) is 0 Å². The summed E-state index contributed by atoms with van der Waals surface area (Å²) in [5.41, 5.74) is 5.27. The molecule has 0 spiro atoms. The molecule has 1 saturated heterocycles. The number of carbonyl (C=O) groups is 4. The number of piperidine rings is 1. The van der Waals surface area contributed by atoms with E-state index in [0.717, 1.165) is 11.8 Å². The lowest BCUT2D eigenvalue weighted by Crippen LogP contribution is -2.50. The summed E-state index contributed by atoms with van der Waals surface area (Å²) in [4.78, 5) is 47.2. The molecule has 20 heavy (non-hydrogen) atoms. The highest BCUT2D eigenvalue weighted by Crippen LogP contribution is 2.11. The Labute approximate surface area is 117 Å². The molecule has 1 aliphatic heterocycles. The van der Waals surface area contributed by atoms with Crippen LogP contribution in [-0.4, -0.2) is 54.7 Å². The number of nitrogens with zero attached hydrogens (tertiary/aromatic N) is 1. The second kappa shape index (κ2) is 7.71. The molecular weight excluding hydrogens is 264 g/mol. The van der Waals surface area contributed by atoms with E-state index in [-0.39, 0.29) is 19.0 Å². The van der Waals surface area contributed by atoms with E-state index in [0.29, 0.717) is 25.9 Å². The summed E-state index contributed by atoms with van der Waals surface area (Å²) in [6.07, 6.45) is 1.24. The largest absolute Gasteiger partial charge is 0.329 e. The smallest absolute Gasteiger partial charge is 0.318 e. The molecule has 0 radical (unpaired) electrons. The van der Waals surface area contributed by atoms with E-state index in [2.05, 4.69) is 10.6 Å². The van der Waals surface area contributed by atoms with Gasteiger partial charge < -0.3 is 11.1 Å². The van der Waals surface area contributed by atoms with Crippen molar-refractivity contribution in [3.63, 3.8) is 0 Å². The minimum Gasteiger partial charge on any atom is -0.329 e. The first-order chi connectivity index (χ1) is 9.47. The fraction of sp³-hybridized carbons (Fsp3) is 0.667. The lowest BCUT2D eigenvalue weighted by molar-refractivity contribution is -0.153. The number of carbonyl (C=O) groups excluding carboxylic acids is 4. The van der Waals surface area contributed by atoms with Gasteiger partial charge in [-0.1, -0.05) is 0 Å².